The molecule has 0 spiro atoms. The first-order chi connectivity index (χ1) is 11.1. The average Bonchev–Trinajstić information content (AvgIpc) is 2.58. The number of quaternary nitrogens is 1. The third kappa shape index (κ3) is 2.31. The molecule has 3 nitrogen and oxygen atoms in total. The van der Waals surface area contributed by atoms with Gasteiger partial charge < -0.3 is 14.0 Å². The lowest BCUT2D eigenvalue weighted by atomic mass is 9.82. The quantitative estimate of drug-likeness (QED) is 0.790. The molecule has 2 aliphatic heterocycles. The van der Waals surface area contributed by atoms with Crippen molar-refractivity contribution in [3.63, 3.8) is 0 Å². The Morgan fingerprint density at radius 2 is 1.61 bits per heavy atom. The molecule has 2 atom stereocenters. The lowest BCUT2D eigenvalue weighted by Crippen LogP contribution is -2.53. The first-order valence-corrected chi connectivity index (χ1v) is 8.30. The Labute approximate surface area is 138 Å². The lowest BCUT2D eigenvalue weighted by Gasteiger charge is -2.49. The van der Waals surface area contributed by atoms with Crippen LogP contribution in [0.15, 0.2) is 36.4 Å². The molecule has 0 aliphatic carbocycles. The normalized spacial score (nSPS) is 25.1. The van der Waals surface area contributed by atoms with Gasteiger partial charge in [-0.3, -0.25) is 0 Å². The van der Waals surface area contributed by atoms with Gasteiger partial charge in [-0.15, -0.1) is 0 Å². The molecule has 0 fully saturated rings. The molecule has 0 amide bonds. The van der Waals surface area contributed by atoms with Crippen LogP contribution in [-0.2, 0) is 19.4 Å². The van der Waals surface area contributed by atoms with E-state index >= 15 is 0 Å². The maximum atomic E-state index is 5.41. The van der Waals surface area contributed by atoms with E-state index < -0.39 is 0 Å². The maximum absolute atomic E-state index is 5.41. The highest BCUT2D eigenvalue weighted by Gasteiger charge is 2.42. The van der Waals surface area contributed by atoms with Crippen molar-refractivity contribution >= 4 is 0 Å². The van der Waals surface area contributed by atoms with Crippen LogP contribution in [0.4, 0.5) is 0 Å². The van der Waals surface area contributed by atoms with Crippen molar-refractivity contribution in [2.45, 2.75) is 25.4 Å². The molecule has 4 rings (SSSR count). The monoisotopic (exact) mass is 310 g/mol. The molecule has 0 N–H and O–H groups in total. The summed E-state index contributed by atoms with van der Waals surface area (Å²) in [6.07, 6.45) is 2.23. The molecule has 0 saturated heterocycles. The van der Waals surface area contributed by atoms with E-state index in [2.05, 4.69) is 43.4 Å². The van der Waals surface area contributed by atoms with Gasteiger partial charge >= 0.3 is 0 Å². The summed E-state index contributed by atoms with van der Waals surface area (Å²) in [7, 11) is 5.89. The van der Waals surface area contributed by atoms with E-state index in [1.807, 2.05) is 0 Å². The summed E-state index contributed by atoms with van der Waals surface area (Å²) in [6.45, 7) is 2.27. The van der Waals surface area contributed by atoms with Crippen LogP contribution in [-0.4, -0.2) is 32.3 Å². The van der Waals surface area contributed by atoms with Gasteiger partial charge in [0.2, 0.25) is 0 Å². The Balaban J connectivity index is 1.76. The number of hydrogen-bond acceptors (Lipinski definition) is 2. The topological polar surface area (TPSA) is 18.5 Å². The molecule has 120 valence electrons. The first-order valence-electron chi connectivity index (χ1n) is 8.30. The van der Waals surface area contributed by atoms with Crippen molar-refractivity contribution in [1.29, 1.82) is 0 Å². The molecule has 2 aliphatic rings. The van der Waals surface area contributed by atoms with Gasteiger partial charge in [-0.25, -0.2) is 0 Å². The van der Waals surface area contributed by atoms with Crippen LogP contribution >= 0.6 is 0 Å². The van der Waals surface area contributed by atoms with E-state index in [9.17, 15) is 0 Å². The molecule has 2 heterocycles. The lowest BCUT2D eigenvalue weighted by molar-refractivity contribution is -0.956. The zero-order chi connectivity index (χ0) is 16.0. The number of nitrogens with zero attached hydrogens (tertiary/aromatic N) is 1. The van der Waals surface area contributed by atoms with Gasteiger partial charge in [0.25, 0.3) is 0 Å². The van der Waals surface area contributed by atoms with Crippen molar-refractivity contribution in [2.24, 2.45) is 0 Å². The van der Waals surface area contributed by atoms with E-state index in [4.69, 9.17) is 9.47 Å². The summed E-state index contributed by atoms with van der Waals surface area (Å²) in [5.74, 6) is 1.94. The molecular weight excluding hydrogens is 286 g/mol. The molecule has 23 heavy (non-hydrogen) atoms. The molecule has 0 saturated carbocycles. The van der Waals surface area contributed by atoms with Crippen LogP contribution in [0.25, 0.3) is 0 Å². The van der Waals surface area contributed by atoms with Crippen LogP contribution in [0.1, 0.15) is 28.3 Å². The van der Waals surface area contributed by atoms with Crippen molar-refractivity contribution < 1.29 is 14.0 Å². The van der Waals surface area contributed by atoms with E-state index in [1.54, 1.807) is 14.2 Å². The standard InChI is InChI=1S/C20H24NO2/c1-21-9-8-15-10-18(23-3)6-7-19(15)20(21)12-14-4-5-17(22-2)11-16(14)13-21/h4-7,10-11,20H,8-9,12-13H2,1-3H3/q+1. The molecule has 0 bridgehead atoms. The summed E-state index contributed by atoms with van der Waals surface area (Å²) in [6, 6.07) is 13.7. The van der Waals surface area contributed by atoms with Crippen molar-refractivity contribution in [3.05, 3.63) is 58.7 Å². The van der Waals surface area contributed by atoms with Gasteiger partial charge in [-0.05, 0) is 41.5 Å². The summed E-state index contributed by atoms with van der Waals surface area (Å²) >= 11 is 0. The number of likely N-dealkylation sites (N-methyl/N-ethyl adjacent to an activating group) is 1. The SMILES string of the molecule is COc1ccc2c(c1)C[N+]1(C)CCc3cc(OC)ccc3C1C2. The van der Waals surface area contributed by atoms with Crippen LogP contribution in [0.3, 0.4) is 0 Å². The minimum absolute atomic E-state index is 0.547. The van der Waals surface area contributed by atoms with Crippen molar-refractivity contribution in [1.82, 2.24) is 0 Å². The second-order valence-electron chi connectivity index (χ2n) is 7.03. The third-order valence-corrected chi connectivity index (χ3v) is 5.71. The van der Waals surface area contributed by atoms with Crippen LogP contribution in [0.2, 0.25) is 0 Å². The Morgan fingerprint density at radius 1 is 0.913 bits per heavy atom. The minimum atomic E-state index is 0.547. The highest BCUT2D eigenvalue weighted by atomic mass is 16.5. The highest BCUT2D eigenvalue weighted by molar-refractivity contribution is 5.42. The van der Waals surface area contributed by atoms with E-state index in [0.717, 1.165) is 35.4 Å². The zero-order valence-corrected chi connectivity index (χ0v) is 14.1. The second kappa shape index (κ2) is 5.27. The van der Waals surface area contributed by atoms with Crippen LogP contribution in [0.5, 0.6) is 11.5 Å². The van der Waals surface area contributed by atoms with Gasteiger partial charge in [0, 0.05) is 24.0 Å². The fourth-order valence-corrected chi connectivity index (χ4v) is 4.31. The van der Waals surface area contributed by atoms with E-state index in [1.165, 1.54) is 28.8 Å². The van der Waals surface area contributed by atoms with E-state index in [-0.39, 0.29) is 0 Å². The summed E-state index contributed by atoms with van der Waals surface area (Å²) in [4.78, 5) is 0. The molecule has 2 unspecified atom stereocenters. The third-order valence-electron chi connectivity index (χ3n) is 5.71. The van der Waals surface area contributed by atoms with Gasteiger partial charge in [0.1, 0.15) is 24.1 Å². The van der Waals surface area contributed by atoms with Gasteiger partial charge in [-0.1, -0.05) is 6.07 Å². The summed E-state index contributed by atoms with van der Waals surface area (Å²) < 4.78 is 11.9. The Kier molecular flexibility index (Phi) is 3.34. The number of rotatable bonds is 2. The highest BCUT2D eigenvalue weighted by Crippen LogP contribution is 2.44. The van der Waals surface area contributed by atoms with E-state index in [0.29, 0.717) is 6.04 Å². The molecule has 3 heteroatoms. The largest absolute Gasteiger partial charge is 0.497 e. The van der Waals surface area contributed by atoms with Crippen molar-refractivity contribution in [2.75, 3.05) is 27.8 Å². The number of ether oxygens (including phenoxy) is 2. The van der Waals surface area contributed by atoms with Crippen molar-refractivity contribution in [3.8, 4) is 11.5 Å². The average molecular weight is 310 g/mol. The number of fused-ring (bicyclic) bond motifs is 4. The molecule has 0 radical (unpaired) electrons. The second-order valence-corrected chi connectivity index (χ2v) is 7.03. The summed E-state index contributed by atoms with van der Waals surface area (Å²) in [5, 5.41) is 0. The zero-order valence-electron chi connectivity index (χ0n) is 14.1. The van der Waals surface area contributed by atoms with Gasteiger partial charge in [0.05, 0.1) is 27.8 Å². The minimum Gasteiger partial charge on any atom is -0.497 e. The smallest absolute Gasteiger partial charge is 0.119 e. The number of methoxy groups -OCH3 is 2. The molecule has 2 aromatic carbocycles. The first kappa shape index (κ1) is 14.6. The molecule has 2 aromatic rings. The Hall–Kier alpha value is -2.00. The van der Waals surface area contributed by atoms with Gasteiger partial charge in [-0.2, -0.15) is 0 Å². The molecular formula is C20H24NO2+. The fourth-order valence-electron chi connectivity index (χ4n) is 4.31. The van der Waals surface area contributed by atoms with Crippen LogP contribution in [0, 0.1) is 0 Å². The predicted octanol–water partition coefficient (Wildman–Crippen LogP) is 3.50. The maximum Gasteiger partial charge on any atom is 0.119 e. The Morgan fingerprint density at radius 3 is 2.35 bits per heavy atom. The van der Waals surface area contributed by atoms with Crippen LogP contribution < -0.4 is 9.47 Å². The Bertz CT molecular complexity index is 755. The summed E-state index contributed by atoms with van der Waals surface area (Å²) in [5.41, 5.74) is 5.87. The number of benzene rings is 2. The van der Waals surface area contributed by atoms with Gasteiger partial charge in [0.15, 0.2) is 0 Å². The number of hydrogen-bond donors (Lipinski definition) is 0. The predicted molar refractivity (Wildman–Crippen MR) is 90.9 cm³/mol. The molecule has 0 aromatic heterocycles. The fraction of sp³-hybridized carbons (Fsp3) is 0.400.